The topological polar surface area (TPSA) is 79.1 Å². The summed E-state index contributed by atoms with van der Waals surface area (Å²) in [7, 11) is 1.65. The molecule has 0 aliphatic heterocycles. The second-order valence-electron chi connectivity index (χ2n) is 8.49. The van der Waals surface area contributed by atoms with Gasteiger partial charge in [-0.05, 0) is 48.2 Å². The Morgan fingerprint density at radius 1 is 1.06 bits per heavy atom. The minimum Gasteiger partial charge on any atom is -0.497 e. The van der Waals surface area contributed by atoms with E-state index in [4.69, 9.17) is 14.6 Å². The van der Waals surface area contributed by atoms with Crippen LogP contribution in [0.15, 0.2) is 42.5 Å². The summed E-state index contributed by atoms with van der Waals surface area (Å²) in [5.74, 6) is 1.68. The maximum absolute atomic E-state index is 11.5. The summed E-state index contributed by atoms with van der Waals surface area (Å²) >= 11 is 1.22. The van der Waals surface area contributed by atoms with Gasteiger partial charge in [0.2, 0.25) is 5.88 Å². The fourth-order valence-corrected chi connectivity index (χ4v) is 5.26. The van der Waals surface area contributed by atoms with Crippen LogP contribution in [0.2, 0.25) is 0 Å². The zero-order valence-corrected chi connectivity index (χ0v) is 19.4. The fourth-order valence-electron chi connectivity index (χ4n) is 4.74. The zero-order chi connectivity index (χ0) is 22.6. The highest BCUT2D eigenvalue weighted by atomic mass is 32.1. The highest BCUT2D eigenvalue weighted by molar-refractivity contribution is 7.00. The summed E-state index contributed by atoms with van der Waals surface area (Å²) in [5, 5.41) is 5.02. The van der Waals surface area contributed by atoms with E-state index in [1.54, 1.807) is 7.11 Å². The number of fused-ring (bicyclic) bond motifs is 1. The van der Waals surface area contributed by atoms with Crippen LogP contribution < -0.4 is 9.47 Å². The van der Waals surface area contributed by atoms with Gasteiger partial charge in [-0.3, -0.25) is 4.79 Å². The van der Waals surface area contributed by atoms with Gasteiger partial charge >= 0.3 is 0 Å². The quantitative estimate of drug-likeness (QED) is 0.338. The van der Waals surface area contributed by atoms with E-state index >= 15 is 0 Å². The van der Waals surface area contributed by atoms with Crippen LogP contribution in [0.25, 0.3) is 11.0 Å². The first-order chi connectivity index (χ1) is 16.2. The van der Waals surface area contributed by atoms with Crippen molar-refractivity contribution in [3.63, 3.8) is 0 Å². The fraction of sp³-hybridized carbons (Fsp3) is 0.360. The molecule has 0 amide bonds. The van der Waals surface area contributed by atoms with E-state index in [-0.39, 0.29) is 0 Å². The van der Waals surface area contributed by atoms with E-state index in [1.807, 2.05) is 35.0 Å². The summed E-state index contributed by atoms with van der Waals surface area (Å²) in [5.41, 5.74) is 5.95. The van der Waals surface area contributed by atoms with Gasteiger partial charge < -0.3 is 9.47 Å². The Bertz CT molecular complexity index is 1260. The van der Waals surface area contributed by atoms with Crippen molar-refractivity contribution in [3.8, 4) is 11.6 Å². The summed E-state index contributed by atoms with van der Waals surface area (Å²) in [6, 6.07) is 14.0. The lowest BCUT2D eigenvalue weighted by molar-refractivity contribution is -0.121. The van der Waals surface area contributed by atoms with Gasteiger partial charge in [-0.2, -0.15) is 13.8 Å². The second kappa shape index (κ2) is 9.70. The predicted molar refractivity (Wildman–Crippen MR) is 127 cm³/mol. The Labute approximate surface area is 196 Å². The number of aromatic nitrogens is 4. The number of carbonyl (C=O) groups is 1. The standard InChI is InChI=1S/C25H26N4O3S/c1-31-20-9-5-6-18(12-20)15-29-25(32-16-30)21(24(26-29)19-7-3-2-4-8-19)13-17-10-11-22-23(14-17)28-33-27-22/h5-6,9-12,14,16,19H,2-4,7-8,13,15H2,1H3. The van der Waals surface area contributed by atoms with Gasteiger partial charge in [0.25, 0.3) is 6.47 Å². The summed E-state index contributed by atoms with van der Waals surface area (Å²) < 4.78 is 21.5. The van der Waals surface area contributed by atoms with E-state index in [9.17, 15) is 4.79 Å². The van der Waals surface area contributed by atoms with Gasteiger partial charge in [0.05, 0.1) is 31.1 Å². The van der Waals surface area contributed by atoms with Crippen molar-refractivity contribution in [2.75, 3.05) is 7.11 Å². The van der Waals surface area contributed by atoms with E-state index in [0.29, 0.717) is 31.2 Å². The van der Waals surface area contributed by atoms with Crippen molar-refractivity contribution in [2.45, 2.75) is 51.0 Å². The third kappa shape index (κ3) is 4.61. The minimum atomic E-state index is 0.374. The number of hydrogen-bond donors (Lipinski definition) is 0. The zero-order valence-electron chi connectivity index (χ0n) is 18.6. The lowest BCUT2D eigenvalue weighted by Crippen LogP contribution is -2.09. The molecule has 33 heavy (non-hydrogen) atoms. The monoisotopic (exact) mass is 462 g/mol. The number of rotatable bonds is 8. The highest BCUT2D eigenvalue weighted by Crippen LogP contribution is 2.38. The normalized spacial score (nSPS) is 14.5. The average molecular weight is 463 g/mol. The first kappa shape index (κ1) is 21.6. The third-order valence-electron chi connectivity index (χ3n) is 6.35. The number of nitrogens with zero attached hydrogens (tertiary/aromatic N) is 4. The van der Waals surface area contributed by atoms with Crippen LogP contribution in [-0.2, 0) is 17.8 Å². The number of methoxy groups -OCH3 is 1. The summed E-state index contributed by atoms with van der Waals surface area (Å²) in [6.07, 6.45) is 6.51. The van der Waals surface area contributed by atoms with Crippen LogP contribution in [0, 0.1) is 0 Å². The van der Waals surface area contributed by atoms with Crippen molar-refractivity contribution in [3.05, 3.63) is 64.8 Å². The van der Waals surface area contributed by atoms with Gasteiger partial charge in [-0.1, -0.05) is 37.5 Å². The average Bonchev–Trinajstić information content (AvgIpc) is 3.45. The molecule has 0 bridgehead atoms. The predicted octanol–water partition coefficient (Wildman–Crippen LogP) is 5.12. The lowest BCUT2D eigenvalue weighted by atomic mass is 9.84. The number of hydrogen-bond acceptors (Lipinski definition) is 7. The SMILES string of the molecule is COc1cccc(Cn2nc(C3CCCCC3)c(Cc3ccc4nsnc4c3)c2OC=O)c1. The van der Waals surface area contributed by atoms with Crippen LogP contribution >= 0.6 is 11.7 Å². The van der Waals surface area contributed by atoms with Gasteiger partial charge in [0, 0.05) is 17.9 Å². The molecule has 5 rings (SSSR count). The molecule has 0 atom stereocenters. The molecule has 1 aliphatic rings. The molecule has 0 N–H and O–H groups in total. The maximum Gasteiger partial charge on any atom is 0.299 e. The van der Waals surface area contributed by atoms with Crippen molar-refractivity contribution in [1.82, 2.24) is 18.5 Å². The Hall–Kier alpha value is -3.26. The second-order valence-corrected chi connectivity index (χ2v) is 9.02. The Kier molecular flexibility index (Phi) is 6.35. The van der Waals surface area contributed by atoms with E-state index in [2.05, 4.69) is 20.9 Å². The molecular formula is C25H26N4O3S. The molecule has 1 aliphatic carbocycles. The first-order valence-electron chi connectivity index (χ1n) is 11.3. The molecule has 2 aromatic carbocycles. The van der Waals surface area contributed by atoms with Crippen LogP contribution in [0.5, 0.6) is 11.6 Å². The third-order valence-corrected chi connectivity index (χ3v) is 6.90. The molecule has 8 heteroatoms. The summed E-state index contributed by atoms with van der Waals surface area (Å²) in [6.45, 7) is 0.996. The smallest absolute Gasteiger partial charge is 0.299 e. The van der Waals surface area contributed by atoms with Crippen LogP contribution in [0.3, 0.4) is 0 Å². The number of ether oxygens (including phenoxy) is 2. The lowest BCUT2D eigenvalue weighted by Gasteiger charge is -2.21. The molecule has 0 spiro atoms. The molecule has 1 fully saturated rings. The van der Waals surface area contributed by atoms with Crippen LogP contribution in [0.4, 0.5) is 0 Å². The molecule has 0 radical (unpaired) electrons. The van der Waals surface area contributed by atoms with Gasteiger partial charge in [0.1, 0.15) is 16.8 Å². The van der Waals surface area contributed by atoms with Crippen LogP contribution in [-0.4, -0.2) is 32.1 Å². The maximum atomic E-state index is 11.5. The molecule has 1 saturated carbocycles. The number of benzene rings is 2. The molecule has 2 heterocycles. The van der Waals surface area contributed by atoms with E-state index in [0.717, 1.165) is 52.0 Å². The van der Waals surface area contributed by atoms with Gasteiger partial charge in [0.15, 0.2) is 0 Å². The largest absolute Gasteiger partial charge is 0.497 e. The van der Waals surface area contributed by atoms with Crippen molar-refractivity contribution >= 4 is 29.2 Å². The Morgan fingerprint density at radius 2 is 1.91 bits per heavy atom. The number of carbonyl (C=O) groups excluding carboxylic acids is 1. The minimum absolute atomic E-state index is 0.374. The van der Waals surface area contributed by atoms with Crippen molar-refractivity contribution in [2.24, 2.45) is 0 Å². The molecule has 0 saturated heterocycles. The molecule has 4 aromatic rings. The molecule has 0 unspecified atom stereocenters. The molecule has 2 aromatic heterocycles. The summed E-state index contributed by atoms with van der Waals surface area (Å²) in [4.78, 5) is 11.5. The van der Waals surface area contributed by atoms with Crippen molar-refractivity contribution < 1.29 is 14.3 Å². The Balaban J connectivity index is 1.56. The van der Waals surface area contributed by atoms with E-state index in [1.165, 1.54) is 31.0 Å². The van der Waals surface area contributed by atoms with Crippen LogP contribution in [0.1, 0.15) is 60.4 Å². The Morgan fingerprint density at radius 3 is 2.73 bits per heavy atom. The van der Waals surface area contributed by atoms with E-state index < -0.39 is 0 Å². The highest BCUT2D eigenvalue weighted by Gasteiger charge is 2.27. The van der Waals surface area contributed by atoms with Gasteiger partial charge in [-0.15, -0.1) is 0 Å². The molecule has 7 nitrogen and oxygen atoms in total. The van der Waals surface area contributed by atoms with Crippen molar-refractivity contribution in [1.29, 1.82) is 0 Å². The van der Waals surface area contributed by atoms with Gasteiger partial charge in [-0.25, -0.2) is 4.68 Å². The molecular weight excluding hydrogens is 436 g/mol. The first-order valence-corrected chi connectivity index (χ1v) is 12.0. The molecule has 170 valence electrons.